The fourth-order valence-electron chi connectivity index (χ4n) is 3.18. The van der Waals surface area contributed by atoms with E-state index in [1.54, 1.807) is 4.90 Å². The van der Waals surface area contributed by atoms with Crippen LogP contribution in [0.4, 0.5) is 0 Å². The second kappa shape index (κ2) is 9.18. The van der Waals surface area contributed by atoms with Gasteiger partial charge in [-0.1, -0.05) is 49.7 Å². The van der Waals surface area contributed by atoms with Gasteiger partial charge < -0.3 is 9.47 Å². The monoisotopic (exact) mass is 408 g/mol. The molecule has 2 aliphatic heterocycles. The normalized spacial score (nSPS) is 18.7. The van der Waals surface area contributed by atoms with Crippen molar-refractivity contribution < 1.29 is 14.3 Å². The molecule has 4 rings (SSSR count). The lowest BCUT2D eigenvalue weighted by Crippen LogP contribution is -2.30. The molecule has 0 unspecified atom stereocenters. The summed E-state index contributed by atoms with van der Waals surface area (Å²) in [5, 5.41) is 0.774. The molecule has 0 spiro atoms. The van der Waals surface area contributed by atoms with E-state index >= 15 is 0 Å². The van der Waals surface area contributed by atoms with E-state index in [0.29, 0.717) is 31.2 Å². The van der Waals surface area contributed by atoms with Crippen LogP contribution in [0.25, 0.3) is 6.08 Å². The number of carbonyl (C=O) groups excluding carboxylic acids is 1. The Balaban J connectivity index is 1.57. The van der Waals surface area contributed by atoms with Crippen molar-refractivity contribution in [3.63, 3.8) is 0 Å². The van der Waals surface area contributed by atoms with Crippen molar-refractivity contribution in [1.82, 2.24) is 4.90 Å². The first-order valence-electron chi connectivity index (χ1n) is 9.94. The maximum Gasteiger partial charge on any atom is 0.266 e. The maximum atomic E-state index is 13.0. The third-order valence-electron chi connectivity index (χ3n) is 4.73. The fraction of sp³-hybridized carbons (Fsp3) is 0.304. The van der Waals surface area contributed by atoms with Gasteiger partial charge in [0.15, 0.2) is 16.7 Å². The van der Waals surface area contributed by atoms with Crippen LogP contribution < -0.4 is 9.47 Å². The molecular weight excluding hydrogens is 384 g/mol. The molecule has 0 aromatic heterocycles. The number of thioether (sulfide) groups is 1. The van der Waals surface area contributed by atoms with E-state index in [9.17, 15) is 4.79 Å². The molecule has 0 bridgehead atoms. The highest BCUT2D eigenvalue weighted by Crippen LogP contribution is 2.36. The molecule has 1 fully saturated rings. The number of amidine groups is 1. The average molecular weight is 409 g/mol. The summed E-state index contributed by atoms with van der Waals surface area (Å²) in [7, 11) is 0. The Morgan fingerprint density at radius 1 is 1.10 bits per heavy atom. The largest absolute Gasteiger partial charge is 0.486 e. The van der Waals surface area contributed by atoms with Gasteiger partial charge in [0, 0.05) is 6.54 Å². The van der Waals surface area contributed by atoms with E-state index in [1.807, 2.05) is 54.6 Å². The lowest BCUT2D eigenvalue weighted by molar-refractivity contribution is -0.122. The number of fused-ring (bicyclic) bond motifs is 1. The van der Waals surface area contributed by atoms with Gasteiger partial charge in [0.05, 0.1) is 11.4 Å². The van der Waals surface area contributed by atoms with Crippen LogP contribution in [0.2, 0.25) is 0 Å². The Hall–Kier alpha value is -2.73. The number of unbranched alkanes of at least 4 members (excludes halogenated alkanes) is 1. The summed E-state index contributed by atoms with van der Waals surface area (Å²) in [4.78, 5) is 20.3. The number of hydrogen-bond donors (Lipinski definition) is 0. The van der Waals surface area contributed by atoms with Crippen molar-refractivity contribution in [3.05, 3.63) is 64.6 Å². The highest BCUT2D eigenvalue weighted by Gasteiger charge is 2.32. The summed E-state index contributed by atoms with van der Waals surface area (Å²) in [5.74, 6) is 1.49. The maximum absolute atomic E-state index is 13.0. The third-order valence-corrected chi connectivity index (χ3v) is 5.77. The van der Waals surface area contributed by atoms with Gasteiger partial charge in [0.1, 0.15) is 13.2 Å². The molecule has 0 saturated carbocycles. The minimum atomic E-state index is 0.0187. The van der Waals surface area contributed by atoms with Crippen molar-refractivity contribution in [1.29, 1.82) is 0 Å². The summed E-state index contributed by atoms with van der Waals surface area (Å²) < 4.78 is 11.2. The number of hydrogen-bond acceptors (Lipinski definition) is 5. The van der Waals surface area contributed by atoms with Crippen molar-refractivity contribution in [2.24, 2.45) is 4.99 Å². The van der Waals surface area contributed by atoms with Gasteiger partial charge in [0.2, 0.25) is 0 Å². The number of carbonyl (C=O) groups is 1. The standard InChI is InChI=1S/C23H24N2O3S/c1-2-3-11-25-22(26)21(29-23(25)24-16-17-7-5-4-6-8-17)15-18-9-10-19-20(14-18)28-13-12-27-19/h4-10,14-15H,2-3,11-13,16H2,1H3/b21-15-,24-23-. The lowest BCUT2D eigenvalue weighted by Gasteiger charge is -2.18. The van der Waals surface area contributed by atoms with Crippen LogP contribution in [-0.2, 0) is 11.3 Å². The van der Waals surface area contributed by atoms with E-state index < -0.39 is 0 Å². The van der Waals surface area contributed by atoms with Gasteiger partial charge in [-0.15, -0.1) is 0 Å². The van der Waals surface area contributed by atoms with E-state index in [2.05, 4.69) is 6.92 Å². The van der Waals surface area contributed by atoms with Crippen molar-refractivity contribution in [3.8, 4) is 11.5 Å². The molecule has 2 aromatic rings. The first-order valence-corrected chi connectivity index (χ1v) is 10.8. The van der Waals surface area contributed by atoms with Crippen molar-refractivity contribution >= 4 is 28.9 Å². The number of rotatable bonds is 6. The van der Waals surface area contributed by atoms with Crippen molar-refractivity contribution in [2.75, 3.05) is 19.8 Å². The third kappa shape index (κ3) is 4.65. The summed E-state index contributed by atoms with van der Waals surface area (Å²) in [6.45, 7) is 4.49. The van der Waals surface area contributed by atoms with Crippen LogP contribution in [0.5, 0.6) is 11.5 Å². The summed E-state index contributed by atoms with van der Waals surface area (Å²) in [5.41, 5.74) is 2.05. The molecule has 0 radical (unpaired) electrons. The van der Waals surface area contributed by atoms with Gasteiger partial charge in [-0.2, -0.15) is 0 Å². The average Bonchev–Trinajstić information content (AvgIpc) is 3.05. The second-order valence-corrected chi connectivity index (χ2v) is 7.92. The highest BCUT2D eigenvalue weighted by atomic mass is 32.2. The zero-order valence-electron chi connectivity index (χ0n) is 16.5. The lowest BCUT2D eigenvalue weighted by atomic mass is 10.1. The fourth-order valence-corrected chi connectivity index (χ4v) is 4.19. The predicted octanol–water partition coefficient (Wildman–Crippen LogP) is 4.73. The van der Waals surface area contributed by atoms with Crippen LogP contribution >= 0.6 is 11.8 Å². The summed E-state index contributed by atoms with van der Waals surface area (Å²) in [6, 6.07) is 15.9. The molecular formula is C23H24N2O3S. The molecule has 5 nitrogen and oxygen atoms in total. The van der Waals surface area contributed by atoms with Gasteiger partial charge in [-0.05, 0) is 47.5 Å². The first kappa shape index (κ1) is 19.6. The van der Waals surface area contributed by atoms with E-state index in [0.717, 1.165) is 40.6 Å². The molecule has 150 valence electrons. The second-order valence-electron chi connectivity index (χ2n) is 6.91. The molecule has 1 saturated heterocycles. The molecule has 1 amide bonds. The molecule has 6 heteroatoms. The molecule has 0 N–H and O–H groups in total. The molecule has 2 aromatic carbocycles. The summed E-state index contributed by atoms with van der Waals surface area (Å²) >= 11 is 1.44. The molecule has 2 aliphatic rings. The molecule has 0 atom stereocenters. The van der Waals surface area contributed by atoms with E-state index in [4.69, 9.17) is 14.5 Å². The van der Waals surface area contributed by atoms with E-state index in [1.165, 1.54) is 11.8 Å². The van der Waals surface area contributed by atoms with Gasteiger partial charge in [-0.3, -0.25) is 14.7 Å². The number of aliphatic imine (C=N–C) groups is 1. The quantitative estimate of drug-likeness (QED) is 0.649. The van der Waals surface area contributed by atoms with Gasteiger partial charge in [-0.25, -0.2) is 0 Å². The Bertz CT molecular complexity index is 940. The zero-order valence-corrected chi connectivity index (χ0v) is 17.3. The van der Waals surface area contributed by atoms with Crippen LogP contribution in [0.1, 0.15) is 30.9 Å². The van der Waals surface area contributed by atoms with Crippen LogP contribution in [-0.4, -0.2) is 35.7 Å². The van der Waals surface area contributed by atoms with Crippen LogP contribution in [0, 0.1) is 0 Å². The number of nitrogens with zero attached hydrogens (tertiary/aromatic N) is 2. The topological polar surface area (TPSA) is 51.1 Å². The van der Waals surface area contributed by atoms with E-state index in [-0.39, 0.29) is 5.91 Å². The van der Waals surface area contributed by atoms with Gasteiger partial charge in [0.25, 0.3) is 5.91 Å². The molecule has 29 heavy (non-hydrogen) atoms. The number of ether oxygens (including phenoxy) is 2. The number of benzene rings is 2. The van der Waals surface area contributed by atoms with Crippen LogP contribution in [0.15, 0.2) is 58.4 Å². The first-order chi connectivity index (χ1) is 14.2. The summed E-state index contributed by atoms with van der Waals surface area (Å²) in [6.07, 6.45) is 3.89. The van der Waals surface area contributed by atoms with Gasteiger partial charge >= 0.3 is 0 Å². The minimum absolute atomic E-state index is 0.0187. The van der Waals surface area contributed by atoms with Crippen molar-refractivity contribution in [2.45, 2.75) is 26.3 Å². The Morgan fingerprint density at radius 2 is 1.90 bits per heavy atom. The minimum Gasteiger partial charge on any atom is -0.486 e. The Morgan fingerprint density at radius 3 is 2.69 bits per heavy atom. The Kier molecular flexibility index (Phi) is 6.20. The number of amides is 1. The zero-order chi connectivity index (χ0) is 20.1. The molecule has 2 heterocycles. The highest BCUT2D eigenvalue weighted by molar-refractivity contribution is 8.18. The Labute approximate surface area is 175 Å². The van der Waals surface area contributed by atoms with Crippen LogP contribution in [0.3, 0.4) is 0 Å². The molecule has 0 aliphatic carbocycles. The predicted molar refractivity (Wildman–Crippen MR) is 117 cm³/mol. The SMILES string of the molecule is CCCCN1C(=O)/C(=C/c2ccc3c(c2)OCCO3)S/C1=N\Cc1ccccc1. The smallest absolute Gasteiger partial charge is 0.266 e.